The molecular weight excluding hydrogens is 245 g/mol. The van der Waals surface area contributed by atoms with Gasteiger partial charge in [0.2, 0.25) is 5.91 Å². The fourth-order valence-electron chi connectivity index (χ4n) is 3.07. The molecule has 2 aliphatic rings. The van der Waals surface area contributed by atoms with Crippen LogP contribution in [0.2, 0.25) is 0 Å². The van der Waals surface area contributed by atoms with Crippen LogP contribution in [0.5, 0.6) is 0 Å². The van der Waals surface area contributed by atoms with Crippen LogP contribution in [0.4, 0.5) is 0 Å². The summed E-state index contributed by atoms with van der Waals surface area (Å²) in [4.78, 5) is 13.7. The van der Waals surface area contributed by atoms with Gasteiger partial charge in [-0.3, -0.25) is 4.79 Å². The minimum atomic E-state index is -1.43. The second kappa shape index (κ2) is 6.70. The van der Waals surface area contributed by atoms with E-state index in [9.17, 15) is 14.8 Å². The Morgan fingerprint density at radius 1 is 1.26 bits per heavy atom. The molecule has 5 N–H and O–H groups in total. The first kappa shape index (κ1) is 14.8. The molecule has 0 aromatic rings. The Balaban J connectivity index is 1.75. The van der Waals surface area contributed by atoms with Crippen molar-refractivity contribution in [2.45, 2.75) is 56.5 Å². The van der Waals surface area contributed by atoms with Gasteiger partial charge in [-0.2, -0.15) is 0 Å². The minimum absolute atomic E-state index is 0.0366. The largest absolute Gasteiger partial charge is 0.475 e. The highest BCUT2D eigenvalue weighted by molar-refractivity contribution is 6.43. The molecule has 1 aliphatic carbocycles. The molecule has 1 saturated heterocycles. The fraction of sp³-hybridized carbons (Fsp3) is 0.917. The number of nitrogens with one attached hydrogen (secondary N) is 1. The van der Waals surface area contributed by atoms with Gasteiger partial charge in [0.05, 0.1) is 12.5 Å². The number of nitrogens with zero attached hydrogens (tertiary/aromatic N) is 1. The van der Waals surface area contributed by atoms with Crippen molar-refractivity contribution in [3.8, 4) is 0 Å². The predicted octanol–water partition coefficient (Wildman–Crippen LogP) is -1.15. The van der Waals surface area contributed by atoms with Crippen molar-refractivity contribution in [1.29, 1.82) is 0 Å². The molecule has 1 saturated carbocycles. The van der Waals surface area contributed by atoms with Gasteiger partial charge in [-0.05, 0) is 38.5 Å². The third-order valence-corrected chi connectivity index (χ3v) is 4.28. The highest BCUT2D eigenvalue weighted by Gasteiger charge is 2.36. The Hall–Kier alpha value is -0.625. The van der Waals surface area contributed by atoms with Crippen LogP contribution in [0, 0.1) is 0 Å². The van der Waals surface area contributed by atoms with Crippen LogP contribution in [0.1, 0.15) is 38.5 Å². The quantitative estimate of drug-likeness (QED) is 0.483. The van der Waals surface area contributed by atoms with E-state index in [1.54, 1.807) is 4.90 Å². The van der Waals surface area contributed by atoms with E-state index < -0.39 is 13.1 Å². The normalized spacial score (nSPS) is 31.5. The van der Waals surface area contributed by atoms with Crippen molar-refractivity contribution in [3.63, 3.8) is 0 Å². The van der Waals surface area contributed by atoms with E-state index in [1.165, 1.54) is 0 Å². The van der Waals surface area contributed by atoms with Gasteiger partial charge in [0.1, 0.15) is 0 Å². The summed E-state index contributed by atoms with van der Waals surface area (Å²) < 4.78 is 0. The number of likely N-dealkylation sites (tertiary alicyclic amines) is 1. The van der Waals surface area contributed by atoms with Crippen LogP contribution in [0.15, 0.2) is 0 Å². The van der Waals surface area contributed by atoms with Crippen LogP contribution in [-0.2, 0) is 4.79 Å². The monoisotopic (exact) mass is 269 g/mol. The average molecular weight is 269 g/mol. The zero-order chi connectivity index (χ0) is 13.8. The maximum Gasteiger partial charge on any atom is 0.475 e. The van der Waals surface area contributed by atoms with Crippen molar-refractivity contribution < 1.29 is 14.8 Å². The lowest BCUT2D eigenvalue weighted by Crippen LogP contribution is -2.50. The lowest BCUT2D eigenvalue weighted by molar-refractivity contribution is -0.130. The first-order valence-corrected chi connectivity index (χ1v) is 7.22. The standard InChI is InChI=1S/C12H24BN3O3/c14-9-3-5-10(6-4-9)15-8-12(17)16-7-1-2-11(16)13(18)19/h9-11,15,18-19H,1-8,14H2/t9?,10?,11-/m0/s1. The van der Waals surface area contributed by atoms with Gasteiger partial charge in [-0.25, -0.2) is 0 Å². The van der Waals surface area contributed by atoms with Gasteiger partial charge in [0.25, 0.3) is 0 Å². The van der Waals surface area contributed by atoms with E-state index in [0.717, 1.165) is 32.1 Å². The van der Waals surface area contributed by atoms with Gasteiger partial charge >= 0.3 is 7.12 Å². The zero-order valence-electron chi connectivity index (χ0n) is 11.3. The first-order valence-electron chi connectivity index (χ1n) is 7.22. The molecular formula is C12H24BN3O3. The lowest BCUT2D eigenvalue weighted by Gasteiger charge is -2.29. The third kappa shape index (κ3) is 3.92. The zero-order valence-corrected chi connectivity index (χ0v) is 11.3. The summed E-state index contributed by atoms with van der Waals surface area (Å²) >= 11 is 0. The summed E-state index contributed by atoms with van der Waals surface area (Å²) in [7, 11) is -1.43. The lowest BCUT2D eigenvalue weighted by atomic mass is 9.78. The van der Waals surface area contributed by atoms with E-state index in [1.807, 2.05) is 0 Å². The molecule has 6 nitrogen and oxygen atoms in total. The third-order valence-electron chi connectivity index (χ3n) is 4.28. The Morgan fingerprint density at radius 2 is 1.95 bits per heavy atom. The van der Waals surface area contributed by atoms with Gasteiger partial charge < -0.3 is 26.0 Å². The van der Waals surface area contributed by atoms with Crippen molar-refractivity contribution in [2.75, 3.05) is 13.1 Å². The maximum atomic E-state index is 12.1. The summed E-state index contributed by atoms with van der Waals surface area (Å²) in [5.41, 5.74) is 5.85. The Kier molecular flexibility index (Phi) is 5.21. The first-order chi connectivity index (χ1) is 9.08. The molecule has 0 unspecified atom stereocenters. The van der Waals surface area contributed by atoms with Crippen LogP contribution in [0.3, 0.4) is 0 Å². The van der Waals surface area contributed by atoms with Crippen LogP contribution in [-0.4, -0.2) is 59.1 Å². The number of hydrogen-bond acceptors (Lipinski definition) is 5. The molecule has 7 heteroatoms. The van der Waals surface area contributed by atoms with Crippen molar-refractivity contribution in [1.82, 2.24) is 10.2 Å². The molecule has 0 aromatic carbocycles. The number of carbonyl (C=O) groups is 1. The summed E-state index contributed by atoms with van der Waals surface area (Å²) in [5.74, 6) is -0.473. The number of nitrogens with two attached hydrogens (primary N) is 1. The molecule has 108 valence electrons. The Labute approximate surface area is 114 Å². The highest BCUT2D eigenvalue weighted by atomic mass is 16.4. The average Bonchev–Trinajstić information content (AvgIpc) is 2.87. The molecule has 0 radical (unpaired) electrons. The highest BCUT2D eigenvalue weighted by Crippen LogP contribution is 2.19. The Morgan fingerprint density at radius 3 is 2.58 bits per heavy atom. The van der Waals surface area contributed by atoms with Gasteiger partial charge in [-0.1, -0.05) is 0 Å². The molecule has 0 bridgehead atoms. The molecule has 1 atom stereocenters. The number of rotatable bonds is 4. The van der Waals surface area contributed by atoms with Gasteiger partial charge in [0, 0.05) is 18.6 Å². The van der Waals surface area contributed by atoms with Crippen LogP contribution in [0.25, 0.3) is 0 Å². The second-order valence-corrected chi connectivity index (χ2v) is 5.70. The maximum absolute atomic E-state index is 12.1. The van der Waals surface area contributed by atoms with Gasteiger partial charge in [-0.15, -0.1) is 0 Å². The molecule has 0 aromatic heterocycles. The molecule has 0 spiro atoms. The molecule has 19 heavy (non-hydrogen) atoms. The van der Waals surface area contributed by atoms with Crippen molar-refractivity contribution >= 4 is 13.0 Å². The van der Waals surface area contributed by atoms with E-state index in [4.69, 9.17) is 5.73 Å². The summed E-state index contributed by atoms with van der Waals surface area (Å²) in [6, 6.07) is 0.671. The van der Waals surface area contributed by atoms with Crippen molar-refractivity contribution in [2.24, 2.45) is 5.73 Å². The molecule has 2 rings (SSSR count). The van der Waals surface area contributed by atoms with E-state index in [0.29, 0.717) is 25.0 Å². The van der Waals surface area contributed by atoms with Crippen LogP contribution < -0.4 is 11.1 Å². The molecule has 1 aliphatic heterocycles. The van der Waals surface area contributed by atoms with Crippen LogP contribution >= 0.6 is 0 Å². The SMILES string of the molecule is NC1CCC(NCC(=O)N2CCC[C@H]2B(O)O)CC1. The summed E-state index contributed by atoms with van der Waals surface area (Å²) in [6.07, 6.45) is 5.55. The number of hydrogen-bond donors (Lipinski definition) is 4. The minimum Gasteiger partial charge on any atom is -0.426 e. The fourth-order valence-corrected chi connectivity index (χ4v) is 3.07. The Bertz CT molecular complexity index is 309. The topological polar surface area (TPSA) is 98.8 Å². The molecule has 1 heterocycles. The van der Waals surface area contributed by atoms with Crippen molar-refractivity contribution in [3.05, 3.63) is 0 Å². The smallest absolute Gasteiger partial charge is 0.426 e. The summed E-state index contributed by atoms with van der Waals surface area (Å²) in [5, 5.41) is 21.8. The summed E-state index contributed by atoms with van der Waals surface area (Å²) in [6.45, 7) is 0.904. The van der Waals surface area contributed by atoms with Gasteiger partial charge in [0.15, 0.2) is 0 Å². The number of carbonyl (C=O) groups excluding carboxylic acids is 1. The number of amides is 1. The van der Waals surface area contributed by atoms with E-state index in [-0.39, 0.29) is 12.5 Å². The molecule has 1 amide bonds. The van der Waals surface area contributed by atoms with E-state index >= 15 is 0 Å². The van der Waals surface area contributed by atoms with E-state index in [2.05, 4.69) is 5.32 Å². The predicted molar refractivity (Wildman–Crippen MR) is 73.2 cm³/mol. The molecule has 2 fully saturated rings. The second-order valence-electron chi connectivity index (χ2n) is 5.70.